The summed E-state index contributed by atoms with van der Waals surface area (Å²) in [6.07, 6.45) is 0.0101. The monoisotopic (exact) mass is 585 g/mol. The van der Waals surface area contributed by atoms with E-state index in [1.165, 1.54) is 0 Å². The smallest absolute Gasteiger partial charge is 0.276 e. The Morgan fingerprint density at radius 3 is 2.22 bits per heavy atom. The maximum Gasteiger partial charge on any atom is 0.276 e. The molecule has 0 fully saturated rings. The van der Waals surface area contributed by atoms with Crippen molar-refractivity contribution in [2.45, 2.75) is 39.7 Å². The van der Waals surface area contributed by atoms with E-state index in [0.29, 0.717) is 27.5 Å². The van der Waals surface area contributed by atoms with Crippen molar-refractivity contribution in [1.29, 1.82) is 0 Å². The minimum Gasteiger partial charge on any atom is -0.490 e. The number of carbonyl (C=O) groups excluding carboxylic acids is 2. The molecule has 2 aromatic rings. The van der Waals surface area contributed by atoms with Crippen LogP contribution >= 0.6 is 44.1 Å². The van der Waals surface area contributed by atoms with Crippen molar-refractivity contribution in [1.82, 2.24) is 16.2 Å². The molecule has 0 unspecified atom stereocenters. The highest BCUT2D eigenvalue weighted by atomic mass is 79.9. The topological polar surface area (TPSA) is 88.7 Å². The molecule has 2 aromatic carbocycles. The number of halogens is 2. The number of carbonyl (C=O) groups is 2. The second-order valence-corrected chi connectivity index (χ2v) is 9.52. The van der Waals surface area contributed by atoms with Crippen molar-refractivity contribution >= 4 is 61.0 Å². The third-order valence-corrected chi connectivity index (χ3v) is 5.52. The lowest BCUT2D eigenvalue weighted by atomic mass is 10.0. The number of hydrogen-bond acceptors (Lipinski definition) is 5. The number of rotatable bonds is 7. The number of hydrogen-bond donors (Lipinski definition) is 3. The molecule has 0 aliphatic rings. The quantitative estimate of drug-likeness (QED) is 0.318. The van der Waals surface area contributed by atoms with Crippen LogP contribution in [0.1, 0.15) is 49.5 Å². The van der Waals surface area contributed by atoms with Gasteiger partial charge in [0.05, 0.1) is 15.0 Å². The molecule has 0 atom stereocenters. The predicted octanol–water partition coefficient (Wildman–Crippen LogP) is 4.84. The fourth-order valence-corrected chi connectivity index (χ4v) is 3.62. The van der Waals surface area contributed by atoms with Crippen LogP contribution in [0.2, 0.25) is 0 Å². The first kappa shape index (κ1) is 26.1. The summed E-state index contributed by atoms with van der Waals surface area (Å²) in [6.45, 7) is 7.79. The van der Waals surface area contributed by atoms with Gasteiger partial charge in [0.15, 0.2) is 11.7 Å². The largest absolute Gasteiger partial charge is 0.490 e. The molecule has 10 heteroatoms. The van der Waals surface area contributed by atoms with Gasteiger partial charge in [0.1, 0.15) is 11.5 Å². The van der Waals surface area contributed by atoms with Crippen LogP contribution in [-0.2, 0) is 4.79 Å². The minimum absolute atomic E-state index is 0.0101. The summed E-state index contributed by atoms with van der Waals surface area (Å²) in [5.41, 5.74) is 6.40. The molecule has 172 valence electrons. The molecular weight excluding hydrogens is 562 g/mol. The summed E-state index contributed by atoms with van der Waals surface area (Å²) < 4.78 is 12.6. The molecular formula is C22H25Br2N3O4S. The molecule has 0 radical (unpaired) electrons. The Bertz CT molecular complexity index is 999. The highest BCUT2D eigenvalue weighted by Gasteiger charge is 2.13. The van der Waals surface area contributed by atoms with Gasteiger partial charge >= 0.3 is 0 Å². The van der Waals surface area contributed by atoms with Crippen LogP contribution in [-0.4, -0.2) is 29.6 Å². The highest BCUT2D eigenvalue weighted by Crippen LogP contribution is 2.29. The summed E-state index contributed by atoms with van der Waals surface area (Å²) in [6, 6.07) is 10.7. The normalized spacial score (nSPS) is 10.6. The third kappa shape index (κ3) is 8.07. The number of amides is 2. The molecule has 0 bridgehead atoms. The molecule has 3 N–H and O–H groups in total. The van der Waals surface area contributed by atoms with Crippen LogP contribution in [0, 0.1) is 0 Å². The average Bonchev–Trinajstić information content (AvgIpc) is 2.72. The average molecular weight is 587 g/mol. The maximum absolute atomic E-state index is 12.4. The van der Waals surface area contributed by atoms with Gasteiger partial charge in [-0.25, -0.2) is 0 Å². The van der Waals surface area contributed by atoms with Crippen LogP contribution in [0.3, 0.4) is 0 Å². The van der Waals surface area contributed by atoms with Crippen molar-refractivity contribution < 1.29 is 19.1 Å². The van der Waals surface area contributed by atoms with Crippen LogP contribution < -0.4 is 25.6 Å². The van der Waals surface area contributed by atoms with Crippen molar-refractivity contribution in [2.24, 2.45) is 0 Å². The summed E-state index contributed by atoms with van der Waals surface area (Å²) in [7, 11) is 0. The van der Waals surface area contributed by atoms with Crippen molar-refractivity contribution in [3.8, 4) is 11.5 Å². The van der Waals surface area contributed by atoms with Gasteiger partial charge in [-0.15, -0.1) is 0 Å². The number of thiocarbonyl (C=S) groups is 1. The zero-order valence-electron chi connectivity index (χ0n) is 18.1. The Labute approximate surface area is 209 Å². The first-order chi connectivity index (χ1) is 15.1. The zero-order chi connectivity index (χ0) is 23.8. The van der Waals surface area contributed by atoms with Gasteiger partial charge in [0.25, 0.3) is 11.8 Å². The number of hydrazine groups is 1. The Kier molecular flexibility index (Phi) is 9.92. The third-order valence-electron chi connectivity index (χ3n) is 4.08. The van der Waals surface area contributed by atoms with Gasteiger partial charge in [-0.3, -0.25) is 25.8 Å². The molecule has 32 heavy (non-hydrogen) atoms. The molecule has 0 heterocycles. The van der Waals surface area contributed by atoms with Gasteiger partial charge in [0, 0.05) is 5.56 Å². The molecule has 0 aliphatic carbocycles. The van der Waals surface area contributed by atoms with Gasteiger partial charge in [-0.1, -0.05) is 19.9 Å². The van der Waals surface area contributed by atoms with Crippen molar-refractivity contribution in [3.63, 3.8) is 0 Å². The molecule has 2 amide bonds. The predicted molar refractivity (Wildman–Crippen MR) is 135 cm³/mol. The van der Waals surface area contributed by atoms with E-state index in [0.717, 1.165) is 10.0 Å². The van der Waals surface area contributed by atoms with E-state index < -0.39 is 11.8 Å². The Hall–Kier alpha value is -2.17. The Morgan fingerprint density at radius 1 is 0.969 bits per heavy atom. The maximum atomic E-state index is 12.4. The summed E-state index contributed by atoms with van der Waals surface area (Å²) in [5.74, 6) is 0.681. The molecule has 0 saturated heterocycles. The van der Waals surface area contributed by atoms with Crippen LogP contribution in [0.5, 0.6) is 11.5 Å². The molecule has 0 aromatic heterocycles. The van der Waals surface area contributed by atoms with Crippen LogP contribution in [0.25, 0.3) is 0 Å². The van der Waals surface area contributed by atoms with E-state index in [-0.39, 0.29) is 17.8 Å². The standard InChI is InChI=1S/C22H25Br2N3O4S/c1-12(2)14-5-7-18(16(23)9-14)30-11-20(28)26-27-22(32)25-21(29)15-6-8-19(17(24)10-15)31-13(3)4/h5-10,12-13H,11H2,1-4H3,(H,26,28)(H2,25,27,29,32). The lowest BCUT2D eigenvalue weighted by molar-refractivity contribution is -0.123. The first-order valence-electron chi connectivity index (χ1n) is 9.85. The fraction of sp³-hybridized carbons (Fsp3) is 0.318. The zero-order valence-corrected chi connectivity index (χ0v) is 22.1. The van der Waals surface area contributed by atoms with E-state index in [1.54, 1.807) is 24.3 Å². The number of ether oxygens (including phenoxy) is 2. The van der Waals surface area contributed by atoms with E-state index >= 15 is 0 Å². The minimum atomic E-state index is -0.459. The second-order valence-electron chi connectivity index (χ2n) is 7.40. The lowest BCUT2D eigenvalue weighted by Crippen LogP contribution is -2.49. The SMILES string of the molecule is CC(C)Oc1ccc(C(=O)NC(=S)NNC(=O)COc2ccc(C(C)C)cc2Br)cc1Br. The van der Waals surface area contributed by atoms with E-state index in [4.69, 9.17) is 21.7 Å². The Morgan fingerprint density at radius 2 is 1.62 bits per heavy atom. The summed E-state index contributed by atoms with van der Waals surface area (Å²) >= 11 is 11.9. The molecule has 2 rings (SSSR count). The summed E-state index contributed by atoms with van der Waals surface area (Å²) in [5, 5.41) is 2.44. The lowest BCUT2D eigenvalue weighted by Gasteiger charge is -2.14. The first-order valence-corrected chi connectivity index (χ1v) is 11.8. The molecule has 0 aliphatic heterocycles. The molecule has 7 nitrogen and oxygen atoms in total. The van der Waals surface area contributed by atoms with Gasteiger partial charge in [0.2, 0.25) is 0 Å². The van der Waals surface area contributed by atoms with Crippen LogP contribution in [0.4, 0.5) is 0 Å². The van der Waals surface area contributed by atoms with Gasteiger partial charge in [-0.2, -0.15) is 0 Å². The Balaban J connectivity index is 1.80. The number of nitrogens with one attached hydrogen (secondary N) is 3. The van der Waals surface area contributed by atoms with Crippen LogP contribution in [0.15, 0.2) is 45.3 Å². The molecule has 0 saturated carbocycles. The second kappa shape index (κ2) is 12.2. The van der Waals surface area contributed by atoms with E-state index in [9.17, 15) is 9.59 Å². The van der Waals surface area contributed by atoms with E-state index in [2.05, 4.69) is 61.9 Å². The molecule has 0 spiro atoms. The van der Waals surface area contributed by atoms with Gasteiger partial charge in [-0.05, 0) is 99.7 Å². The summed E-state index contributed by atoms with van der Waals surface area (Å²) in [4.78, 5) is 24.4. The number of benzene rings is 2. The van der Waals surface area contributed by atoms with Crippen molar-refractivity contribution in [3.05, 3.63) is 56.5 Å². The van der Waals surface area contributed by atoms with Gasteiger partial charge < -0.3 is 9.47 Å². The van der Waals surface area contributed by atoms with E-state index in [1.807, 2.05) is 26.0 Å². The highest BCUT2D eigenvalue weighted by molar-refractivity contribution is 9.10. The fourth-order valence-electron chi connectivity index (χ4n) is 2.50. The van der Waals surface area contributed by atoms with Crippen molar-refractivity contribution in [2.75, 3.05) is 6.61 Å².